The highest BCUT2D eigenvalue weighted by molar-refractivity contribution is 5.83. The second-order valence-corrected chi connectivity index (χ2v) is 4.77. The number of alkyl halides is 4. The predicted octanol–water partition coefficient (Wildman–Crippen LogP) is 2.83. The van der Waals surface area contributed by atoms with Crippen LogP contribution >= 0.6 is 0 Å². The molecule has 1 aliphatic rings. The first-order valence-corrected chi connectivity index (χ1v) is 5.78. The molecule has 0 heterocycles. The number of carbonyl (C=O) groups excluding carboxylic acids is 1. The maximum absolute atomic E-state index is 12.6. The van der Waals surface area contributed by atoms with Crippen molar-refractivity contribution in [3.8, 4) is 0 Å². The number of halogens is 4. The first-order chi connectivity index (χ1) is 7.84. The summed E-state index contributed by atoms with van der Waals surface area (Å²) in [5.41, 5.74) is 0. The van der Waals surface area contributed by atoms with E-state index in [0.29, 0.717) is 5.92 Å². The Morgan fingerprint density at radius 3 is 2.59 bits per heavy atom. The molecule has 1 aliphatic carbocycles. The molecule has 0 aromatic heterocycles. The van der Waals surface area contributed by atoms with Crippen molar-refractivity contribution in [3.63, 3.8) is 0 Å². The topological polar surface area (TPSA) is 29.1 Å². The van der Waals surface area contributed by atoms with Crippen molar-refractivity contribution in [2.45, 2.75) is 45.0 Å². The average Bonchev–Trinajstić information content (AvgIpc) is 2.25. The van der Waals surface area contributed by atoms with Crippen LogP contribution in [0.3, 0.4) is 0 Å². The Bertz CT molecular complexity index is 270. The van der Waals surface area contributed by atoms with Crippen LogP contribution in [0.25, 0.3) is 0 Å². The fraction of sp³-hybridized carbons (Fsp3) is 0.909. The predicted molar refractivity (Wildman–Crippen MR) is 55.1 cm³/mol. The van der Waals surface area contributed by atoms with Crippen LogP contribution in [0.5, 0.6) is 0 Å². The smallest absolute Gasteiger partial charge is 0.350 e. The number of carbonyl (C=O) groups is 1. The summed E-state index contributed by atoms with van der Waals surface area (Å²) >= 11 is 0. The summed E-state index contributed by atoms with van der Waals surface area (Å²) in [5.74, 6) is -5.83. The Labute approximate surface area is 97.8 Å². The zero-order valence-electron chi connectivity index (χ0n) is 9.69. The SMILES string of the molecule is CC1CCCC(CNC(=O)C(F)(F)C(F)F)C1. The van der Waals surface area contributed by atoms with Gasteiger partial charge in [-0.15, -0.1) is 0 Å². The Balaban J connectivity index is 2.37. The second-order valence-electron chi connectivity index (χ2n) is 4.77. The highest BCUT2D eigenvalue weighted by Crippen LogP contribution is 2.28. The van der Waals surface area contributed by atoms with Crippen LogP contribution in [-0.2, 0) is 4.79 Å². The standard InChI is InChI=1S/C11H17F4NO/c1-7-3-2-4-8(5-7)6-16-10(17)11(14,15)9(12)13/h7-9H,2-6H2,1H3,(H,16,17). The molecule has 2 nitrogen and oxygen atoms in total. The van der Waals surface area contributed by atoms with Gasteiger partial charge in [0.25, 0.3) is 5.91 Å². The van der Waals surface area contributed by atoms with Gasteiger partial charge in [0.15, 0.2) is 0 Å². The molecule has 0 spiro atoms. The van der Waals surface area contributed by atoms with Crippen molar-refractivity contribution in [2.75, 3.05) is 6.54 Å². The number of amides is 1. The quantitative estimate of drug-likeness (QED) is 0.769. The minimum absolute atomic E-state index is 0.0610. The van der Waals surface area contributed by atoms with E-state index in [1.54, 1.807) is 0 Å². The van der Waals surface area contributed by atoms with Gasteiger partial charge in [0.05, 0.1) is 0 Å². The van der Waals surface area contributed by atoms with Crippen LogP contribution in [0.15, 0.2) is 0 Å². The molecule has 0 saturated heterocycles. The van der Waals surface area contributed by atoms with E-state index >= 15 is 0 Å². The zero-order valence-corrected chi connectivity index (χ0v) is 9.69. The van der Waals surface area contributed by atoms with E-state index in [1.165, 1.54) is 0 Å². The van der Waals surface area contributed by atoms with Crippen LogP contribution in [0.1, 0.15) is 32.6 Å². The monoisotopic (exact) mass is 255 g/mol. The summed E-state index contributed by atoms with van der Waals surface area (Å²) in [6, 6.07) is 0. The van der Waals surface area contributed by atoms with Gasteiger partial charge in [-0.1, -0.05) is 19.8 Å². The molecule has 0 aliphatic heterocycles. The highest BCUT2D eigenvalue weighted by Gasteiger charge is 2.48. The molecule has 6 heteroatoms. The third-order valence-corrected chi connectivity index (χ3v) is 3.17. The van der Waals surface area contributed by atoms with Gasteiger partial charge in [-0.25, -0.2) is 8.78 Å². The molecule has 1 N–H and O–H groups in total. The number of nitrogens with one attached hydrogen (secondary N) is 1. The molecule has 0 bridgehead atoms. The van der Waals surface area contributed by atoms with Crippen LogP contribution in [0.2, 0.25) is 0 Å². The molecule has 2 atom stereocenters. The first kappa shape index (κ1) is 14.3. The van der Waals surface area contributed by atoms with Gasteiger partial charge in [0.1, 0.15) is 0 Å². The molecule has 0 aromatic rings. The molecular weight excluding hydrogens is 238 g/mol. The van der Waals surface area contributed by atoms with Gasteiger partial charge in [-0.2, -0.15) is 8.78 Å². The van der Waals surface area contributed by atoms with Crippen LogP contribution in [-0.4, -0.2) is 24.8 Å². The van der Waals surface area contributed by atoms with Crippen LogP contribution in [0, 0.1) is 11.8 Å². The minimum atomic E-state index is -4.58. The van der Waals surface area contributed by atoms with Crippen molar-refractivity contribution < 1.29 is 22.4 Å². The summed E-state index contributed by atoms with van der Waals surface area (Å²) in [6.45, 7) is 2.12. The lowest BCUT2D eigenvalue weighted by atomic mass is 9.82. The number of rotatable bonds is 4. The van der Waals surface area contributed by atoms with Gasteiger partial charge < -0.3 is 5.32 Å². The van der Waals surface area contributed by atoms with Crippen molar-refractivity contribution in [3.05, 3.63) is 0 Å². The first-order valence-electron chi connectivity index (χ1n) is 5.78. The Morgan fingerprint density at radius 2 is 2.06 bits per heavy atom. The van der Waals surface area contributed by atoms with E-state index in [2.05, 4.69) is 6.92 Å². The molecule has 1 amide bonds. The van der Waals surface area contributed by atoms with Gasteiger partial charge in [0.2, 0.25) is 0 Å². The summed E-state index contributed by atoms with van der Waals surface area (Å²) in [5, 5.41) is 1.93. The van der Waals surface area contributed by atoms with E-state index in [-0.39, 0.29) is 12.5 Å². The highest BCUT2D eigenvalue weighted by atomic mass is 19.3. The van der Waals surface area contributed by atoms with Crippen molar-refractivity contribution in [1.29, 1.82) is 0 Å². The molecule has 1 saturated carbocycles. The lowest BCUT2D eigenvalue weighted by Crippen LogP contribution is -2.46. The Morgan fingerprint density at radius 1 is 1.41 bits per heavy atom. The molecule has 2 unspecified atom stereocenters. The lowest BCUT2D eigenvalue weighted by molar-refractivity contribution is -0.169. The van der Waals surface area contributed by atoms with E-state index in [1.807, 2.05) is 5.32 Å². The van der Waals surface area contributed by atoms with Gasteiger partial charge in [-0.05, 0) is 24.7 Å². The largest absolute Gasteiger partial charge is 0.383 e. The molecule has 1 rings (SSSR count). The van der Waals surface area contributed by atoms with E-state index in [4.69, 9.17) is 0 Å². The maximum atomic E-state index is 12.6. The second kappa shape index (κ2) is 5.69. The van der Waals surface area contributed by atoms with E-state index in [0.717, 1.165) is 25.7 Å². The molecule has 0 radical (unpaired) electrons. The fourth-order valence-corrected chi connectivity index (χ4v) is 2.20. The van der Waals surface area contributed by atoms with Crippen LogP contribution < -0.4 is 5.32 Å². The van der Waals surface area contributed by atoms with Gasteiger partial charge in [-0.3, -0.25) is 4.79 Å². The molecular formula is C11H17F4NO. The molecule has 1 fully saturated rings. The normalized spacial score (nSPS) is 26.0. The summed E-state index contributed by atoms with van der Waals surface area (Å²) in [7, 11) is 0. The summed E-state index contributed by atoms with van der Waals surface area (Å²) in [4.78, 5) is 10.9. The molecule has 100 valence electrons. The van der Waals surface area contributed by atoms with Crippen molar-refractivity contribution in [2.24, 2.45) is 11.8 Å². The number of hydrogen-bond acceptors (Lipinski definition) is 1. The summed E-state index contributed by atoms with van der Waals surface area (Å²) in [6.07, 6.45) is -0.163. The van der Waals surface area contributed by atoms with Crippen molar-refractivity contribution >= 4 is 5.91 Å². The molecule has 0 aromatic carbocycles. The maximum Gasteiger partial charge on any atom is 0.383 e. The molecule has 17 heavy (non-hydrogen) atoms. The van der Waals surface area contributed by atoms with Gasteiger partial charge >= 0.3 is 12.3 Å². The van der Waals surface area contributed by atoms with E-state index < -0.39 is 18.3 Å². The Kier molecular flexibility index (Phi) is 4.77. The zero-order chi connectivity index (χ0) is 13.1. The Hall–Kier alpha value is -0.810. The lowest BCUT2D eigenvalue weighted by Gasteiger charge is -2.27. The average molecular weight is 255 g/mol. The minimum Gasteiger partial charge on any atom is -0.350 e. The van der Waals surface area contributed by atoms with E-state index in [9.17, 15) is 22.4 Å². The van der Waals surface area contributed by atoms with Crippen LogP contribution in [0.4, 0.5) is 17.6 Å². The number of hydrogen-bond donors (Lipinski definition) is 1. The third-order valence-electron chi connectivity index (χ3n) is 3.17. The fourth-order valence-electron chi connectivity index (χ4n) is 2.20. The van der Waals surface area contributed by atoms with Crippen molar-refractivity contribution in [1.82, 2.24) is 5.32 Å². The third kappa shape index (κ3) is 3.85. The van der Waals surface area contributed by atoms with Gasteiger partial charge in [0, 0.05) is 6.54 Å². The summed E-state index contributed by atoms with van der Waals surface area (Å²) < 4.78 is 49.0.